The second kappa shape index (κ2) is 5.09. The summed E-state index contributed by atoms with van der Waals surface area (Å²) in [7, 11) is 0. The van der Waals surface area contributed by atoms with Crippen LogP contribution in [0.2, 0.25) is 0 Å². The molecule has 1 fully saturated rings. The van der Waals surface area contributed by atoms with Crippen molar-refractivity contribution in [2.75, 3.05) is 13.1 Å². The Labute approximate surface area is 113 Å². The summed E-state index contributed by atoms with van der Waals surface area (Å²) < 4.78 is 27.7. The molecule has 0 aliphatic carbocycles. The summed E-state index contributed by atoms with van der Waals surface area (Å²) in [4.78, 5) is 12.0. The summed E-state index contributed by atoms with van der Waals surface area (Å²) in [5.74, 6) is -1.71. The number of Topliss-reactive ketones (excluding diaryl/α,β-unsaturated/α-hetero) is 1. The van der Waals surface area contributed by atoms with E-state index in [1.54, 1.807) is 10.9 Å². The minimum atomic E-state index is -0.697. The summed E-state index contributed by atoms with van der Waals surface area (Å²) in [6.45, 7) is 1.60. The number of ketones is 1. The van der Waals surface area contributed by atoms with Gasteiger partial charge >= 0.3 is 0 Å². The zero-order valence-electron chi connectivity index (χ0n) is 10.5. The van der Waals surface area contributed by atoms with Gasteiger partial charge in [0.15, 0.2) is 5.78 Å². The highest BCUT2D eigenvalue weighted by molar-refractivity contribution is 5.95. The Hall–Kier alpha value is -2.15. The van der Waals surface area contributed by atoms with Gasteiger partial charge in [-0.1, -0.05) is 5.21 Å². The van der Waals surface area contributed by atoms with Crippen LogP contribution in [0.1, 0.15) is 22.1 Å². The first-order valence-corrected chi connectivity index (χ1v) is 6.22. The van der Waals surface area contributed by atoms with Crippen LogP contribution >= 0.6 is 0 Å². The first-order valence-electron chi connectivity index (χ1n) is 6.22. The molecule has 20 heavy (non-hydrogen) atoms. The number of aromatic nitrogens is 3. The number of carbonyl (C=O) groups is 1. The average molecular weight is 278 g/mol. The minimum Gasteiger partial charge on any atom is -0.312 e. The number of halogens is 2. The standard InChI is InChI=1S/C13H12F2N4O/c14-9-1-8(2-10(15)4-9)3-13(20)12-7-19(18-17-12)11-5-16-6-11/h1-2,4,7,11,16H,3,5-6H2. The van der Waals surface area contributed by atoms with E-state index in [9.17, 15) is 13.6 Å². The molecule has 2 aromatic rings. The number of nitrogens with one attached hydrogen (secondary N) is 1. The van der Waals surface area contributed by atoms with Crippen molar-refractivity contribution < 1.29 is 13.6 Å². The smallest absolute Gasteiger partial charge is 0.189 e. The van der Waals surface area contributed by atoms with Gasteiger partial charge < -0.3 is 5.32 Å². The molecule has 3 rings (SSSR count). The minimum absolute atomic E-state index is 0.101. The second-order valence-corrected chi connectivity index (χ2v) is 4.77. The number of nitrogens with zero attached hydrogens (tertiary/aromatic N) is 3. The van der Waals surface area contributed by atoms with E-state index in [4.69, 9.17) is 0 Å². The van der Waals surface area contributed by atoms with Crippen LogP contribution in [0.4, 0.5) is 8.78 Å². The quantitative estimate of drug-likeness (QED) is 0.852. The highest BCUT2D eigenvalue weighted by Gasteiger charge is 2.21. The number of benzene rings is 1. The molecule has 0 saturated carbocycles. The van der Waals surface area contributed by atoms with Gasteiger partial charge in [-0.25, -0.2) is 13.5 Å². The third-order valence-corrected chi connectivity index (χ3v) is 3.22. The van der Waals surface area contributed by atoms with Crippen molar-refractivity contribution in [1.29, 1.82) is 0 Å². The topological polar surface area (TPSA) is 59.8 Å². The van der Waals surface area contributed by atoms with Crippen molar-refractivity contribution in [1.82, 2.24) is 20.3 Å². The summed E-state index contributed by atoms with van der Waals surface area (Å²) in [6.07, 6.45) is 1.47. The largest absolute Gasteiger partial charge is 0.312 e. The van der Waals surface area contributed by atoms with E-state index in [1.807, 2.05) is 0 Å². The molecule has 1 aromatic heterocycles. The maximum atomic E-state index is 13.1. The molecule has 1 aliphatic heterocycles. The van der Waals surface area contributed by atoms with E-state index in [2.05, 4.69) is 15.6 Å². The highest BCUT2D eigenvalue weighted by atomic mass is 19.1. The number of hydrogen-bond acceptors (Lipinski definition) is 4. The van der Waals surface area contributed by atoms with Gasteiger partial charge in [-0.05, 0) is 17.7 Å². The molecule has 0 bridgehead atoms. The Morgan fingerprint density at radius 2 is 2.00 bits per heavy atom. The molecular weight excluding hydrogens is 266 g/mol. The summed E-state index contributed by atoms with van der Waals surface area (Å²) in [5.41, 5.74) is 0.494. The molecule has 7 heteroatoms. The fourth-order valence-electron chi connectivity index (χ4n) is 2.03. The fourth-order valence-corrected chi connectivity index (χ4v) is 2.03. The van der Waals surface area contributed by atoms with Crippen LogP contribution in [0.15, 0.2) is 24.4 Å². The lowest BCUT2D eigenvalue weighted by Crippen LogP contribution is -2.43. The SMILES string of the molecule is O=C(Cc1cc(F)cc(F)c1)c1cn(C2CNC2)nn1. The van der Waals surface area contributed by atoms with Crippen LogP contribution in [-0.4, -0.2) is 33.9 Å². The lowest BCUT2D eigenvalue weighted by atomic mass is 10.1. The first-order chi connectivity index (χ1) is 9.61. The molecule has 0 spiro atoms. The fraction of sp³-hybridized carbons (Fsp3) is 0.308. The van der Waals surface area contributed by atoms with Gasteiger partial charge in [-0.2, -0.15) is 0 Å². The van der Waals surface area contributed by atoms with Gasteiger partial charge in [0.25, 0.3) is 0 Å². The van der Waals surface area contributed by atoms with Crippen LogP contribution in [0.25, 0.3) is 0 Å². The zero-order chi connectivity index (χ0) is 14.1. The summed E-state index contributed by atoms with van der Waals surface area (Å²) >= 11 is 0. The van der Waals surface area contributed by atoms with Crippen molar-refractivity contribution in [2.45, 2.75) is 12.5 Å². The Balaban J connectivity index is 1.73. The van der Waals surface area contributed by atoms with Crippen molar-refractivity contribution >= 4 is 5.78 Å². The number of rotatable bonds is 4. The van der Waals surface area contributed by atoms with Crippen molar-refractivity contribution in [3.8, 4) is 0 Å². The van der Waals surface area contributed by atoms with Crippen LogP contribution in [0, 0.1) is 11.6 Å². The Morgan fingerprint density at radius 1 is 1.30 bits per heavy atom. The maximum Gasteiger partial charge on any atom is 0.189 e. The van der Waals surface area contributed by atoms with Gasteiger partial charge in [0.2, 0.25) is 0 Å². The molecule has 0 unspecified atom stereocenters. The van der Waals surface area contributed by atoms with Crippen molar-refractivity contribution in [3.05, 3.63) is 47.3 Å². The van der Waals surface area contributed by atoms with E-state index in [0.717, 1.165) is 31.3 Å². The molecule has 1 N–H and O–H groups in total. The normalized spacial score (nSPS) is 15.1. The molecule has 5 nitrogen and oxygen atoms in total. The lowest BCUT2D eigenvalue weighted by Gasteiger charge is -2.26. The Kier molecular flexibility index (Phi) is 3.27. The number of carbonyl (C=O) groups excluding carboxylic acids is 1. The highest BCUT2D eigenvalue weighted by Crippen LogP contribution is 2.13. The molecule has 0 radical (unpaired) electrons. The molecule has 1 aliphatic rings. The van der Waals surface area contributed by atoms with Crippen LogP contribution in [0.5, 0.6) is 0 Å². The van der Waals surface area contributed by atoms with Gasteiger partial charge in [0.05, 0.1) is 12.2 Å². The lowest BCUT2D eigenvalue weighted by molar-refractivity contribution is 0.0988. The average Bonchev–Trinajstić information content (AvgIpc) is 2.74. The van der Waals surface area contributed by atoms with Crippen molar-refractivity contribution in [3.63, 3.8) is 0 Å². The van der Waals surface area contributed by atoms with E-state index < -0.39 is 11.6 Å². The summed E-state index contributed by atoms with van der Waals surface area (Å²) in [5, 5.41) is 10.8. The monoisotopic (exact) mass is 278 g/mol. The maximum absolute atomic E-state index is 13.1. The molecule has 2 heterocycles. The molecule has 0 atom stereocenters. The van der Waals surface area contributed by atoms with Gasteiger partial charge in [-0.15, -0.1) is 5.10 Å². The molecule has 104 valence electrons. The second-order valence-electron chi connectivity index (χ2n) is 4.77. The van der Waals surface area contributed by atoms with Gasteiger partial charge in [0.1, 0.15) is 17.3 Å². The molecule has 1 saturated heterocycles. The predicted molar refractivity (Wildman–Crippen MR) is 66.3 cm³/mol. The third kappa shape index (κ3) is 2.57. The van der Waals surface area contributed by atoms with Gasteiger partial charge in [-0.3, -0.25) is 4.79 Å². The van der Waals surface area contributed by atoms with E-state index in [1.165, 1.54) is 0 Å². The molecule has 1 aromatic carbocycles. The molecule has 0 amide bonds. The Bertz CT molecular complexity index is 631. The zero-order valence-corrected chi connectivity index (χ0v) is 10.5. The van der Waals surface area contributed by atoms with Crippen LogP contribution in [0.3, 0.4) is 0 Å². The van der Waals surface area contributed by atoms with Crippen LogP contribution < -0.4 is 5.32 Å². The van der Waals surface area contributed by atoms with Crippen LogP contribution in [-0.2, 0) is 6.42 Å². The predicted octanol–water partition coefficient (Wildman–Crippen LogP) is 1.13. The van der Waals surface area contributed by atoms with Crippen molar-refractivity contribution in [2.24, 2.45) is 0 Å². The first kappa shape index (κ1) is 12.9. The third-order valence-electron chi connectivity index (χ3n) is 3.22. The summed E-state index contributed by atoms with van der Waals surface area (Å²) in [6, 6.07) is 3.27. The Morgan fingerprint density at radius 3 is 2.60 bits per heavy atom. The van der Waals surface area contributed by atoms with E-state index in [0.29, 0.717) is 0 Å². The van der Waals surface area contributed by atoms with E-state index >= 15 is 0 Å². The van der Waals surface area contributed by atoms with E-state index in [-0.39, 0.29) is 29.5 Å². The number of hydrogen-bond donors (Lipinski definition) is 1. The molecular formula is C13H12F2N4O. The van der Waals surface area contributed by atoms with Gasteiger partial charge in [0, 0.05) is 25.6 Å².